The van der Waals surface area contributed by atoms with Gasteiger partial charge in [0.2, 0.25) is 5.91 Å². The summed E-state index contributed by atoms with van der Waals surface area (Å²) in [6.45, 7) is -0.775. The number of alkyl halides is 2. The average molecular weight is 369 g/mol. The highest BCUT2D eigenvalue weighted by atomic mass is 19.3. The van der Waals surface area contributed by atoms with Gasteiger partial charge in [0.05, 0.1) is 12.6 Å². The van der Waals surface area contributed by atoms with Crippen LogP contribution in [0.3, 0.4) is 0 Å². The van der Waals surface area contributed by atoms with E-state index < -0.39 is 30.8 Å². The van der Waals surface area contributed by atoms with E-state index in [1.54, 1.807) is 18.3 Å². The molecule has 0 radical (unpaired) electrons. The zero-order chi connectivity index (χ0) is 19.4. The molecular formula is C20H17F2N3O2. The molecule has 1 amide bonds. The third-order valence-corrected chi connectivity index (χ3v) is 4.51. The number of benzene rings is 1. The molecule has 2 heterocycles. The number of hydrogen-bond donors (Lipinski definition) is 0. The summed E-state index contributed by atoms with van der Waals surface area (Å²) in [5, 5.41) is 8.98. The highest BCUT2D eigenvalue weighted by molar-refractivity contribution is 6.03. The van der Waals surface area contributed by atoms with Crippen molar-refractivity contribution in [2.75, 3.05) is 6.54 Å². The molecule has 1 aliphatic rings. The first kappa shape index (κ1) is 18.6. The van der Waals surface area contributed by atoms with Crippen molar-refractivity contribution in [3.8, 4) is 17.2 Å². The molecule has 1 aliphatic heterocycles. The molecule has 2 aromatic rings. The van der Waals surface area contributed by atoms with Crippen LogP contribution in [-0.2, 0) is 4.79 Å². The van der Waals surface area contributed by atoms with Gasteiger partial charge in [-0.15, -0.1) is 0 Å². The predicted molar refractivity (Wildman–Crippen MR) is 93.9 cm³/mol. The maximum Gasteiger partial charge on any atom is 0.268 e. The van der Waals surface area contributed by atoms with Crippen LogP contribution in [0.1, 0.15) is 29.6 Å². The standard InChI is InChI=1S/C20H17F2N3O2/c21-20(22)10-15(11-23)25(13-20)19(27)7-6-18(26)16-8-9-24-12-17(16)14-4-2-1-3-5-14/h1-5,8-9,12,15H,6-7,10,13H2/t15-/m0/s1. The van der Waals surface area contributed by atoms with E-state index in [1.165, 1.54) is 6.20 Å². The van der Waals surface area contributed by atoms with Crippen LogP contribution < -0.4 is 0 Å². The Kier molecular flexibility index (Phi) is 5.26. The topological polar surface area (TPSA) is 74.1 Å². The third-order valence-electron chi connectivity index (χ3n) is 4.51. The van der Waals surface area contributed by atoms with E-state index in [1.807, 2.05) is 30.3 Å². The van der Waals surface area contributed by atoms with Crippen LogP contribution in [0, 0.1) is 11.3 Å². The number of rotatable bonds is 5. The number of carbonyl (C=O) groups excluding carboxylic acids is 2. The summed E-state index contributed by atoms with van der Waals surface area (Å²) in [5.41, 5.74) is 1.90. The summed E-state index contributed by atoms with van der Waals surface area (Å²) < 4.78 is 27.0. The molecule has 1 aromatic heterocycles. The Morgan fingerprint density at radius 2 is 1.96 bits per heavy atom. The number of halogens is 2. The smallest absolute Gasteiger partial charge is 0.268 e. The SMILES string of the molecule is N#C[C@@H]1CC(F)(F)CN1C(=O)CCC(=O)c1ccncc1-c1ccccc1. The number of amides is 1. The Morgan fingerprint density at radius 1 is 1.22 bits per heavy atom. The maximum atomic E-state index is 13.5. The molecule has 1 aromatic carbocycles. The van der Waals surface area contributed by atoms with Gasteiger partial charge in [0.25, 0.3) is 5.92 Å². The number of likely N-dealkylation sites (tertiary alicyclic amines) is 1. The lowest BCUT2D eigenvalue weighted by atomic mass is 9.97. The van der Waals surface area contributed by atoms with Crippen molar-refractivity contribution in [3.63, 3.8) is 0 Å². The van der Waals surface area contributed by atoms with Crippen LogP contribution in [0.5, 0.6) is 0 Å². The van der Waals surface area contributed by atoms with Gasteiger partial charge in [0, 0.05) is 42.8 Å². The molecule has 138 valence electrons. The molecule has 1 atom stereocenters. The lowest BCUT2D eigenvalue weighted by molar-refractivity contribution is -0.132. The Morgan fingerprint density at radius 3 is 2.67 bits per heavy atom. The van der Waals surface area contributed by atoms with Crippen molar-refractivity contribution < 1.29 is 18.4 Å². The van der Waals surface area contributed by atoms with E-state index in [9.17, 15) is 18.4 Å². The summed E-state index contributed by atoms with van der Waals surface area (Å²) in [6.07, 6.45) is 2.07. The van der Waals surface area contributed by atoms with Crippen molar-refractivity contribution in [1.82, 2.24) is 9.88 Å². The Hall–Kier alpha value is -3.14. The molecule has 0 unspecified atom stereocenters. The van der Waals surface area contributed by atoms with Gasteiger partial charge in [-0.05, 0) is 11.6 Å². The summed E-state index contributed by atoms with van der Waals surface area (Å²) in [4.78, 5) is 29.8. The quantitative estimate of drug-likeness (QED) is 0.757. The second kappa shape index (κ2) is 7.62. The molecule has 7 heteroatoms. The van der Waals surface area contributed by atoms with Crippen molar-refractivity contribution in [2.24, 2.45) is 0 Å². The van der Waals surface area contributed by atoms with Gasteiger partial charge in [-0.2, -0.15) is 5.26 Å². The maximum absolute atomic E-state index is 13.5. The summed E-state index contributed by atoms with van der Waals surface area (Å²) >= 11 is 0. The van der Waals surface area contributed by atoms with Crippen molar-refractivity contribution in [1.29, 1.82) is 5.26 Å². The summed E-state index contributed by atoms with van der Waals surface area (Å²) in [7, 11) is 0. The van der Waals surface area contributed by atoms with Crippen LogP contribution in [-0.4, -0.2) is 40.1 Å². The number of nitriles is 1. The normalized spacial score (nSPS) is 18.1. The minimum Gasteiger partial charge on any atom is -0.320 e. The zero-order valence-electron chi connectivity index (χ0n) is 14.4. The minimum absolute atomic E-state index is 0.122. The van der Waals surface area contributed by atoms with Gasteiger partial charge < -0.3 is 4.90 Å². The summed E-state index contributed by atoms with van der Waals surface area (Å²) in [6, 6.07) is 11.4. The van der Waals surface area contributed by atoms with Crippen molar-refractivity contribution in [2.45, 2.75) is 31.2 Å². The van der Waals surface area contributed by atoms with Crippen LogP contribution in [0.2, 0.25) is 0 Å². The first-order valence-corrected chi connectivity index (χ1v) is 8.51. The molecule has 1 saturated heterocycles. The number of Topliss-reactive ketones (excluding diaryl/α,β-unsaturated/α-hetero) is 1. The molecule has 3 rings (SSSR count). The van der Waals surface area contributed by atoms with Crippen molar-refractivity contribution >= 4 is 11.7 Å². The van der Waals surface area contributed by atoms with E-state index in [0.717, 1.165) is 10.5 Å². The van der Waals surface area contributed by atoms with Gasteiger partial charge in [-0.1, -0.05) is 30.3 Å². The average Bonchev–Trinajstić information content (AvgIpc) is 3.01. The highest BCUT2D eigenvalue weighted by Gasteiger charge is 2.47. The number of ketones is 1. The van der Waals surface area contributed by atoms with Crippen molar-refractivity contribution in [3.05, 3.63) is 54.4 Å². The summed E-state index contributed by atoms with van der Waals surface area (Å²) in [5.74, 6) is -3.95. The van der Waals surface area contributed by atoms with Crippen LogP contribution in [0.4, 0.5) is 8.78 Å². The van der Waals surface area contributed by atoms with E-state index in [-0.39, 0.29) is 18.6 Å². The lowest BCUT2D eigenvalue weighted by Crippen LogP contribution is -2.36. The second-order valence-electron chi connectivity index (χ2n) is 6.44. The van der Waals surface area contributed by atoms with Gasteiger partial charge in [-0.25, -0.2) is 8.78 Å². The monoisotopic (exact) mass is 369 g/mol. The Labute approximate surface area is 155 Å². The van der Waals surface area contributed by atoms with Gasteiger partial charge in [-0.3, -0.25) is 14.6 Å². The predicted octanol–water partition coefficient (Wildman–Crippen LogP) is 3.47. The van der Waals surface area contributed by atoms with Gasteiger partial charge in [0.15, 0.2) is 5.78 Å². The number of aromatic nitrogens is 1. The molecule has 27 heavy (non-hydrogen) atoms. The molecule has 0 saturated carbocycles. The van der Waals surface area contributed by atoms with E-state index in [4.69, 9.17) is 5.26 Å². The van der Waals surface area contributed by atoms with Gasteiger partial charge >= 0.3 is 0 Å². The van der Waals surface area contributed by atoms with Crippen LogP contribution >= 0.6 is 0 Å². The molecular weight excluding hydrogens is 352 g/mol. The largest absolute Gasteiger partial charge is 0.320 e. The molecule has 0 N–H and O–H groups in total. The third kappa shape index (κ3) is 4.17. The Bertz CT molecular complexity index is 894. The number of pyridine rings is 1. The lowest BCUT2D eigenvalue weighted by Gasteiger charge is -2.19. The highest BCUT2D eigenvalue weighted by Crippen LogP contribution is 2.32. The fourth-order valence-electron chi connectivity index (χ4n) is 3.18. The van der Waals surface area contributed by atoms with E-state index in [0.29, 0.717) is 11.1 Å². The second-order valence-corrected chi connectivity index (χ2v) is 6.44. The molecule has 0 aliphatic carbocycles. The molecule has 5 nitrogen and oxygen atoms in total. The molecule has 1 fully saturated rings. The Balaban J connectivity index is 1.71. The van der Waals surface area contributed by atoms with Crippen LogP contribution in [0.25, 0.3) is 11.1 Å². The van der Waals surface area contributed by atoms with Gasteiger partial charge in [0.1, 0.15) is 6.04 Å². The zero-order valence-corrected chi connectivity index (χ0v) is 14.4. The van der Waals surface area contributed by atoms with Crippen LogP contribution in [0.15, 0.2) is 48.8 Å². The number of nitrogens with zero attached hydrogens (tertiary/aromatic N) is 3. The molecule has 0 bridgehead atoms. The number of hydrogen-bond acceptors (Lipinski definition) is 4. The minimum atomic E-state index is -3.06. The fourth-order valence-corrected chi connectivity index (χ4v) is 3.18. The fraction of sp³-hybridized carbons (Fsp3) is 0.300. The van der Waals surface area contributed by atoms with E-state index in [2.05, 4.69) is 4.98 Å². The first-order chi connectivity index (χ1) is 12.9. The molecule has 0 spiro atoms. The first-order valence-electron chi connectivity index (χ1n) is 8.51. The van der Waals surface area contributed by atoms with E-state index >= 15 is 0 Å². The number of carbonyl (C=O) groups is 2.